The van der Waals surface area contributed by atoms with E-state index >= 15 is 0 Å². The summed E-state index contributed by atoms with van der Waals surface area (Å²) in [6.45, 7) is 1.50. The highest BCUT2D eigenvalue weighted by Crippen LogP contribution is 2.30. The third kappa shape index (κ3) is 2.45. The number of carbonyl (C=O) groups is 1. The zero-order valence-corrected chi connectivity index (χ0v) is 11.4. The first-order valence-electron chi connectivity index (χ1n) is 6.83. The van der Waals surface area contributed by atoms with Gasteiger partial charge >= 0.3 is 0 Å². The van der Waals surface area contributed by atoms with Crippen LogP contribution in [0.3, 0.4) is 0 Å². The summed E-state index contributed by atoms with van der Waals surface area (Å²) in [6, 6.07) is 0. The van der Waals surface area contributed by atoms with E-state index in [1.165, 1.54) is 23.3 Å². The van der Waals surface area contributed by atoms with Crippen LogP contribution in [0.2, 0.25) is 0 Å². The van der Waals surface area contributed by atoms with Crippen LogP contribution in [0.25, 0.3) is 0 Å². The molecule has 4 heteroatoms. The maximum Gasteiger partial charge on any atom is 0.252 e. The number of thiophene rings is 1. The van der Waals surface area contributed by atoms with Gasteiger partial charge in [0.2, 0.25) is 0 Å². The van der Waals surface area contributed by atoms with Gasteiger partial charge in [-0.25, -0.2) is 0 Å². The fraction of sp³-hybridized carbons (Fsp3) is 0.643. The lowest BCUT2D eigenvalue weighted by molar-refractivity contribution is 0.0857. The second kappa shape index (κ2) is 5.41. The highest BCUT2D eigenvalue weighted by atomic mass is 32.1. The summed E-state index contributed by atoms with van der Waals surface area (Å²) < 4.78 is 5.52. The van der Waals surface area contributed by atoms with Crippen molar-refractivity contribution in [3.63, 3.8) is 0 Å². The Bertz CT molecular complexity index is 435. The van der Waals surface area contributed by atoms with Gasteiger partial charge in [-0.3, -0.25) is 4.79 Å². The minimum atomic E-state index is 0.0879. The van der Waals surface area contributed by atoms with Gasteiger partial charge in [0.05, 0.1) is 11.7 Å². The summed E-state index contributed by atoms with van der Waals surface area (Å²) in [5.74, 6) is 0.0879. The van der Waals surface area contributed by atoms with Crippen molar-refractivity contribution in [2.75, 3.05) is 13.2 Å². The molecule has 1 atom stereocenters. The molecule has 3 rings (SSSR count). The van der Waals surface area contributed by atoms with E-state index in [1.54, 1.807) is 11.3 Å². The second-order valence-electron chi connectivity index (χ2n) is 5.10. The molecule has 0 aromatic carbocycles. The summed E-state index contributed by atoms with van der Waals surface area (Å²) in [5.41, 5.74) is 2.21. The fourth-order valence-corrected chi connectivity index (χ4v) is 3.92. The number of aryl methyl sites for hydroxylation is 1. The van der Waals surface area contributed by atoms with Gasteiger partial charge in [-0.2, -0.15) is 0 Å². The molecule has 98 valence electrons. The second-order valence-corrected chi connectivity index (χ2v) is 6.07. The predicted octanol–water partition coefficient (Wildman–Crippen LogP) is 2.54. The lowest BCUT2D eigenvalue weighted by Crippen LogP contribution is -2.32. The largest absolute Gasteiger partial charge is 0.376 e. The van der Waals surface area contributed by atoms with E-state index in [0.717, 1.165) is 37.9 Å². The van der Waals surface area contributed by atoms with E-state index in [4.69, 9.17) is 4.74 Å². The van der Waals surface area contributed by atoms with Crippen LogP contribution in [0.5, 0.6) is 0 Å². The Kier molecular flexibility index (Phi) is 3.66. The summed E-state index contributed by atoms with van der Waals surface area (Å²) in [4.78, 5) is 13.6. The molecule has 1 saturated heterocycles. The lowest BCUT2D eigenvalue weighted by Gasteiger charge is -2.14. The fourth-order valence-electron chi connectivity index (χ4n) is 2.79. The Morgan fingerprint density at radius 1 is 1.39 bits per heavy atom. The topological polar surface area (TPSA) is 38.3 Å². The van der Waals surface area contributed by atoms with Gasteiger partial charge in [0, 0.05) is 23.4 Å². The molecule has 1 N–H and O–H groups in total. The molecule has 1 aromatic heterocycles. The molecule has 2 aliphatic rings. The smallest absolute Gasteiger partial charge is 0.252 e. The van der Waals surface area contributed by atoms with Gasteiger partial charge in [0.25, 0.3) is 5.91 Å². The number of amides is 1. The standard InChI is InChI=1S/C14H19NO2S/c16-14(15-8-10-4-3-7-17-10)12-9-18-13-6-2-1-5-11(12)13/h9-10H,1-8H2,(H,15,16)/t10-/m0/s1. The van der Waals surface area contributed by atoms with Crippen LogP contribution in [-0.2, 0) is 17.6 Å². The first-order chi connectivity index (χ1) is 8.84. The molecule has 18 heavy (non-hydrogen) atoms. The Labute approximate surface area is 112 Å². The van der Waals surface area contributed by atoms with E-state index in [2.05, 4.69) is 5.32 Å². The van der Waals surface area contributed by atoms with E-state index in [1.807, 2.05) is 5.38 Å². The number of rotatable bonds is 3. The maximum absolute atomic E-state index is 12.2. The average Bonchev–Trinajstić information content (AvgIpc) is 3.05. The van der Waals surface area contributed by atoms with Gasteiger partial charge < -0.3 is 10.1 Å². The van der Waals surface area contributed by atoms with Crippen molar-refractivity contribution in [3.05, 3.63) is 21.4 Å². The number of carbonyl (C=O) groups excluding carboxylic acids is 1. The summed E-state index contributed by atoms with van der Waals surface area (Å²) in [6.07, 6.45) is 7.13. The lowest BCUT2D eigenvalue weighted by atomic mass is 9.95. The van der Waals surface area contributed by atoms with Crippen LogP contribution in [-0.4, -0.2) is 25.2 Å². The quantitative estimate of drug-likeness (QED) is 0.912. The van der Waals surface area contributed by atoms with Crippen molar-refractivity contribution >= 4 is 17.2 Å². The Balaban J connectivity index is 1.63. The highest BCUT2D eigenvalue weighted by Gasteiger charge is 2.21. The molecule has 3 nitrogen and oxygen atoms in total. The van der Waals surface area contributed by atoms with Crippen LogP contribution in [0.15, 0.2) is 5.38 Å². The highest BCUT2D eigenvalue weighted by molar-refractivity contribution is 7.10. The van der Waals surface area contributed by atoms with Gasteiger partial charge in [0.15, 0.2) is 0 Å². The summed E-state index contributed by atoms with van der Waals surface area (Å²) in [7, 11) is 0. The first kappa shape index (κ1) is 12.2. The molecule has 0 saturated carbocycles. The van der Waals surface area contributed by atoms with Crippen molar-refractivity contribution < 1.29 is 9.53 Å². The molecule has 2 heterocycles. The molecule has 1 aliphatic carbocycles. The molecule has 0 bridgehead atoms. The minimum Gasteiger partial charge on any atom is -0.376 e. The van der Waals surface area contributed by atoms with Crippen molar-refractivity contribution in [2.24, 2.45) is 0 Å². The van der Waals surface area contributed by atoms with E-state index in [-0.39, 0.29) is 12.0 Å². The number of fused-ring (bicyclic) bond motifs is 1. The third-order valence-electron chi connectivity index (χ3n) is 3.82. The normalized spacial score (nSPS) is 22.8. The molecular weight excluding hydrogens is 246 g/mol. The molecule has 0 unspecified atom stereocenters. The Morgan fingerprint density at radius 3 is 3.11 bits per heavy atom. The van der Waals surface area contributed by atoms with Crippen molar-refractivity contribution in [3.8, 4) is 0 Å². The van der Waals surface area contributed by atoms with Gasteiger partial charge in [-0.15, -0.1) is 11.3 Å². The maximum atomic E-state index is 12.2. The average molecular weight is 265 g/mol. The number of ether oxygens (including phenoxy) is 1. The van der Waals surface area contributed by atoms with Gasteiger partial charge in [0.1, 0.15) is 0 Å². The van der Waals surface area contributed by atoms with Crippen LogP contribution in [0.4, 0.5) is 0 Å². The monoisotopic (exact) mass is 265 g/mol. The predicted molar refractivity (Wildman–Crippen MR) is 72.3 cm³/mol. The van der Waals surface area contributed by atoms with Gasteiger partial charge in [-0.05, 0) is 44.1 Å². The Morgan fingerprint density at radius 2 is 2.28 bits per heavy atom. The molecule has 1 amide bonds. The SMILES string of the molecule is O=C(NC[C@@H]1CCCO1)c1csc2c1CCCC2. The molecule has 0 spiro atoms. The zero-order chi connectivity index (χ0) is 12.4. The van der Waals surface area contributed by atoms with Crippen LogP contribution in [0.1, 0.15) is 46.5 Å². The molecule has 0 radical (unpaired) electrons. The minimum absolute atomic E-state index is 0.0879. The van der Waals surface area contributed by atoms with Crippen molar-refractivity contribution in [1.82, 2.24) is 5.32 Å². The zero-order valence-electron chi connectivity index (χ0n) is 10.5. The van der Waals surface area contributed by atoms with Crippen LogP contribution < -0.4 is 5.32 Å². The number of nitrogens with one attached hydrogen (secondary N) is 1. The van der Waals surface area contributed by atoms with Crippen LogP contribution in [0, 0.1) is 0 Å². The third-order valence-corrected chi connectivity index (χ3v) is 4.91. The molecular formula is C14H19NO2S. The van der Waals surface area contributed by atoms with Crippen molar-refractivity contribution in [1.29, 1.82) is 0 Å². The molecule has 1 aliphatic heterocycles. The number of hydrogen-bond acceptors (Lipinski definition) is 3. The number of hydrogen-bond donors (Lipinski definition) is 1. The van der Waals surface area contributed by atoms with Crippen molar-refractivity contribution in [2.45, 2.75) is 44.6 Å². The van der Waals surface area contributed by atoms with Crippen LogP contribution >= 0.6 is 11.3 Å². The first-order valence-corrected chi connectivity index (χ1v) is 7.71. The van der Waals surface area contributed by atoms with Gasteiger partial charge in [-0.1, -0.05) is 0 Å². The molecule has 1 aromatic rings. The van der Waals surface area contributed by atoms with E-state index in [0.29, 0.717) is 6.54 Å². The van der Waals surface area contributed by atoms with E-state index in [9.17, 15) is 4.79 Å². The summed E-state index contributed by atoms with van der Waals surface area (Å²) in [5, 5.41) is 5.05. The van der Waals surface area contributed by atoms with E-state index < -0.39 is 0 Å². The Hall–Kier alpha value is -0.870. The summed E-state index contributed by atoms with van der Waals surface area (Å²) >= 11 is 1.75. The molecule has 1 fully saturated rings.